The molecule has 1 heterocycles. The number of hydrazone groups is 1. The van der Waals surface area contributed by atoms with Crippen molar-refractivity contribution in [3.63, 3.8) is 0 Å². The predicted molar refractivity (Wildman–Crippen MR) is 167 cm³/mol. The van der Waals surface area contributed by atoms with Crippen molar-refractivity contribution in [2.45, 2.75) is 17.4 Å². The summed E-state index contributed by atoms with van der Waals surface area (Å²) in [5.74, 6) is -3.00. The molecule has 5 aromatic rings. The third-order valence-electron chi connectivity index (χ3n) is 9.50. The van der Waals surface area contributed by atoms with E-state index in [1.165, 1.54) is 4.90 Å². The Morgan fingerprint density at radius 2 is 1.39 bits per heavy atom. The van der Waals surface area contributed by atoms with E-state index >= 15 is 0 Å². The molecule has 0 saturated carbocycles. The largest absolute Gasteiger partial charge is 0.378 e. The van der Waals surface area contributed by atoms with Crippen molar-refractivity contribution in [1.82, 2.24) is 5.43 Å². The molecule has 1 fully saturated rings. The van der Waals surface area contributed by atoms with Crippen LogP contribution < -0.4 is 10.3 Å². The van der Waals surface area contributed by atoms with Gasteiger partial charge in [0.2, 0.25) is 11.8 Å². The van der Waals surface area contributed by atoms with E-state index in [4.69, 9.17) is 0 Å². The van der Waals surface area contributed by atoms with Crippen molar-refractivity contribution in [3.05, 3.63) is 149 Å². The molecule has 44 heavy (non-hydrogen) atoms. The summed E-state index contributed by atoms with van der Waals surface area (Å²) in [6, 6.07) is 37.7. The van der Waals surface area contributed by atoms with E-state index in [1.807, 2.05) is 91.0 Å². The number of rotatable bonds is 5. The molecule has 2 N–H and O–H groups in total. The Hall–Kier alpha value is -5.40. The Morgan fingerprint density at radius 1 is 0.773 bits per heavy atom. The molecule has 0 aromatic heterocycles. The third-order valence-corrected chi connectivity index (χ3v) is 9.50. The minimum Gasteiger partial charge on any atom is -0.378 e. The first kappa shape index (κ1) is 26.2. The zero-order valence-electron chi connectivity index (χ0n) is 23.5. The van der Waals surface area contributed by atoms with E-state index in [0.717, 1.165) is 33.0 Å². The van der Waals surface area contributed by atoms with Crippen LogP contribution >= 0.6 is 0 Å². The highest BCUT2D eigenvalue weighted by atomic mass is 16.3. The zero-order chi connectivity index (χ0) is 30.0. The summed E-state index contributed by atoms with van der Waals surface area (Å²) >= 11 is 0. The highest BCUT2D eigenvalue weighted by molar-refractivity contribution is 6.27. The van der Waals surface area contributed by atoms with Crippen LogP contribution in [0.15, 0.2) is 126 Å². The number of aliphatic hydroxyl groups is 1. The van der Waals surface area contributed by atoms with Crippen LogP contribution in [0, 0.1) is 11.8 Å². The molecule has 5 aromatic carbocycles. The van der Waals surface area contributed by atoms with E-state index in [9.17, 15) is 19.5 Å². The molecular weight excluding hydrogens is 550 g/mol. The number of hydrogen-bond donors (Lipinski definition) is 2. The highest BCUT2D eigenvalue weighted by Crippen LogP contribution is 2.63. The summed E-state index contributed by atoms with van der Waals surface area (Å²) in [5, 5.41) is 16.8. The van der Waals surface area contributed by atoms with Gasteiger partial charge in [-0.05, 0) is 39.3 Å². The maximum absolute atomic E-state index is 14.7. The number of nitrogens with zero attached hydrogens (tertiary/aromatic N) is 2. The molecule has 3 aliphatic carbocycles. The zero-order valence-corrected chi connectivity index (χ0v) is 23.5. The van der Waals surface area contributed by atoms with E-state index in [2.05, 4.69) is 10.5 Å². The topological polar surface area (TPSA) is 99.1 Å². The van der Waals surface area contributed by atoms with Gasteiger partial charge in [-0.3, -0.25) is 14.4 Å². The van der Waals surface area contributed by atoms with Crippen molar-refractivity contribution >= 4 is 40.4 Å². The minimum atomic E-state index is -1.42. The Bertz CT molecular complexity index is 1970. The smallest absolute Gasteiger partial charge is 0.273 e. The number of amides is 3. The normalized spacial score (nSPS) is 23.8. The lowest BCUT2D eigenvalue weighted by atomic mass is 9.47. The lowest BCUT2D eigenvalue weighted by Crippen LogP contribution is -2.54. The van der Waals surface area contributed by atoms with Crippen LogP contribution in [-0.2, 0) is 19.8 Å². The number of anilines is 1. The maximum atomic E-state index is 14.7. The summed E-state index contributed by atoms with van der Waals surface area (Å²) < 4.78 is 0. The summed E-state index contributed by atoms with van der Waals surface area (Å²) in [7, 11) is 0. The number of benzene rings is 5. The van der Waals surface area contributed by atoms with Gasteiger partial charge in [-0.15, -0.1) is 0 Å². The van der Waals surface area contributed by atoms with Gasteiger partial charge in [0.1, 0.15) is 0 Å². The lowest BCUT2D eigenvalue weighted by Gasteiger charge is -2.52. The second-order valence-corrected chi connectivity index (χ2v) is 11.6. The van der Waals surface area contributed by atoms with Crippen molar-refractivity contribution < 1.29 is 19.5 Å². The third kappa shape index (κ3) is 3.53. The quantitative estimate of drug-likeness (QED) is 0.170. The molecule has 0 spiro atoms. The fourth-order valence-corrected chi connectivity index (χ4v) is 7.74. The van der Waals surface area contributed by atoms with E-state index in [1.54, 1.807) is 36.5 Å². The summed E-state index contributed by atoms with van der Waals surface area (Å²) in [6.45, 7) is 0. The van der Waals surface area contributed by atoms with Gasteiger partial charge >= 0.3 is 0 Å². The Kier molecular flexibility index (Phi) is 5.86. The molecule has 214 valence electrons. The second kappa shape index (κ2) is 9.82. The number of carbonyl (C=O) groups is 3. The standard InChI is InChI=1S/C37H27N3O4/c41-33(23-12-2-1-3-13-23)34(42)39-38-21-37-27-18-8-6-16-25(27)30(26-17-7-9-19-28(26)37)31-32(37)36(44)40(35(31)43)29-20-10-14-22-11-4-5-15-24(22)29/h1-21,30-33,41H,(H,39,42)/b38-21-/t30?,31-,32+,33-,37?/m0/s1. The summed E-state index contributed by atoms with van der Waals surface area (Å²) in [4.78, 5) is 43.6. The molecule has 7 heteroatoms. The first-order chi connectivity index (χ1) is 21.5. The molecule has 2 bridgehead atoms. The second-order valence-electron chi connectivity index (χ2n) is 11.6. The van der Waals surface area contributed by atoms with Crippen LogP contribution in [0.1, 0.15) is 39.8 Å². The van der Waals surface area contributed by atoms with E-state index in [-0.39, 0.29) is 17.7 Å². The molecule has 1 aliphatic heterocycles. The summed E-state index contributed by atoms with van der Waals surface area (Å²) in [6.07, 6.45) is 0.183. The van der Waals surface area contributed by atoms with Gasteiger partial charge in [-0.25, -0.2) is 10.3 Å². The number of imide groups is 1. The van der Waals surface area contributed by atoms with E-state index < -0.39 is 29.3 Å². The van der Waals surface area contributed by atoms with Gasteiger partial charge in [0.15, 0.2) is 6.10 Å². The molecule has 3 atom stereocenters. The van der Waals surface area contributed by atoms with Crippen LogP contribution in [0.4, 0.5) is 5.69 Å². The van der Waals surface area contributed by atoms with Crippen LogP contribution in [0.3, 0.4) is 0 Å². The molecule has 1 saturated heterocycles. The van der Waals surface area contributed by atoms with E-state index in [0.29, 0.717) is 11.3 Å². The van der Waals surface area contributed by atoms with Gasteiger partial charge < -0.3 is 5.11 Å². The lowest BCUT2D eigenvalue weighted by molar-refractivity contribution is -0.129. The van der Waals surface area contributed by atoms with Gasteiger partial charge in [0, 0.05) is 17.5 Å². The summed E-state index contributed by atoms with van der Waals surface area (Å²) in [5.41, 5.74) is 6.08. The van der Waals surface area contributed by atoms with Crippen molar-refractivity contribution in [3.8, 4) is 0 Å². The average Bonchev–Trinajstić information content (AvgIpc) is 3.34. The fourth-order valence-electron chi connectivity index (χ4n) is 7.74. The number of hydrogen-bond acceptors (Lipinski definition) is 5. The molecule has 0 radical (unpaired) electrons. The fraction of sp³-hybridized carbons (Fsp3) is 0.135. The number of fused-ring (bicyclic) bond motifs is 1. The number of aliphatic hydroxyl groups excluding tert-OH is 1. The highest BCUT2D eigenvalue weighted by Gasteiger charge is 2.68. The first-order valence-electron chi connectivity index (χ1n) is 14.6. The van der Waals surface area contributed by atoms with Gasteiger partial charge in [-0.1, -0.05) is 115 Å². The number of carbonyl (C=O) groups excluding carboxylic acids is 3. The Morgan fingerprint density at radius 3 is 2.11 bits per heavy atom. The predicted octanol–water partition coefficient (Wildman–Crippen LogP) is 5.23. The maximum Gasteiger partial charge on any atom is 0.273 e. The van der Waals surface area contributed by atoms with Gasteiger partial charge in [0.05, 0.1) is 22.9 Å². The first-order valence-corrected chi connectivity index (χ1v) is 14.6. The molecule has 3 amide bonds. The van der Waals surface area contributed by atoms with Crippen LogP contribution in [0.5, 0.6) is 0 Å². The van der Waals surface area contributed by atoms with Crippen molar-refractivity contribution in [2.75, 3.05) is 4.90 Å². The molecule has 4 aliphatic rings. The van der Waals surface area contributed by atoms with Gasteiger partial charge in [0.25, 0.3) is 5.91 Å². The average molecular weight is 578 g/mol. The van der Waals surface area contributed by atoms with Crippen LogP contribution in [-0.4, -0.2) is 29.0 Å². The number of nitrogens with one attached hydrogen (secondary N) is 1. The van der Waals surface area contributed by atoms with Crippen LogP contribution in [0.2, 0.25) is 0 Å². The molecule has 0 unspecified atom stereocenters. The Labute approximate surface area is 253 Å². The van der Waals surface area contributed by atoms with Crippen LogP contribution in [0.25, 0.3) is 10.8 Å². The van der Waals surface area contributed by atoms with Crippen molar-refractivity contribution in [1.29, 1.82) is 0 Å². The Balaban J connectivity index is 1.29. The van der Waals surface area contributed by atoms with Crippen molar-refractivity contribution in [2.24, 2.45) is 16.9 Å². The molecule has 7 nitrogen and oxygen atoms in total. The molecule has 9 rings (SSSR count). The monoisotopic (exact) mass is 577 g/mol. The SMILES string of the molecule is O=C(N/N=C\C12c3ccccc3C(c3ccccc31)[C@@H]1C(=O)N(c3cccc4ccccc34)C(=O)[C@@H]12)[C@@H](O)c1ccccc1. The van der Waals surface area contributed by atoms with Gasteiger partial charge in [-0.2, -0.15) is 5.10 Å². The molecular formula is C37H27N3O4. The minimum absolute atomic E-state index is 0.244.